The lowest BCUT2D eigenvalue weighted by atomic mass is 9.71. The molecular weight excluding hydrogens is 216 g/mol. The van der Waals surface area contributed by atoms with Crippen molar-refractivity contribution in [3.63, 3.8) is 0 Å². The van der Waals surface area contributed by atoms with Crippen molar-refractivity contribution in [3.05, 3.63) is 18.0 Å². The third-order valence-corrected chi connectivity index (χ3v) is 4.05. The normalized spacial score (nSPS) is 19.1. The lowest BCUT2D eigenvalue weighted by Gasteiger charge is -2.33. The molecule has 1 saturated carbocycles. The van der Waals surface area contributed by atoms with Crippen molar-refractivity contribution in [2.45, 2.75) is 44.9 Å². The molecule has 1 fully saturated rings. The molecule has 0 aromatic carbocycles. The Hall–Kier alpha value is -1.32. The predicted molar refractivity (Wildman–Crippen MR) is 64.7 cm³/mol. The molecule has 0 aliphatic heterocycles. The van der Waals surface area contributed by atoms with E-state index in [2.05, 4.69) is 5.10 Å². The van der Waals surface area contributed by atoms with Gasteiger partial charge in [-0.1, -0.05) is 19.3 Å². The number of rotatable bonds is 4. The molecule has 17 heavy (non-hydrogen) atoms. The van der Waals surface area contributed by atoms with Gasteiger partial charge in [-0.05, 0) is 31.7 Å². The third-order valence-electron chi connectivity index (χ3n) is 4.05. The van der Waals surface area contributed by atoms with Crippen molar-refractivity contribution >= 4 is 5.97 Å². The van der Waals surface area contributed by atoms with Gasteiger partial charge in [0.25, 0.3) is 0 Å². The Morgan fingerprint density at radius 2 is 2.18 bits per heavy atom. The molecule has 94 valence electrons. The number of nitrogens with zero attached hydrogens (tertiary/aromatic N) is 2. The summed E-state index contributed by atoms with van der Waals surface area (Å²) in [7, 11) is 1.91. The maximum absolute atomic E-state index is 11.5. The molecule has 1 aliphatic rings. The number of carboxylic acid groups (broad SMARTS) is 1. The first kappa shape index (κ1) is 12.1. The third kappa shape index (κ3) is 2.51. The Morgan fingerprint density at radius 3 is 2.71 bits per heavy atom. The van der Waals surface area contributed by atoms with E-state index in [1.807, 2.05) is 17.8 Å². The molecule has 0 radical (unpaired) electrons. The van der Waals surface area contributed by atoms with Crippen molar-refractivity contribution in [2.75, 3.05) is 0 Å². The zero-order valence-electron chi connectivity index (χ0n) is 10.4. The standard InChI is InChI=1S/C13H20N2O2/c1-15-11(6-10-14-15)5-9-13(12(16)17)7-3-2-4-8-13/h6,10H,2-5,7-9H2,1H3,(H,16,17). The molecule has 0 amide bonds. The van der Waals surface area contributed by atoms with Gasteiger partial charge >= 0.3 is 5.97 Å². The molecule has 2 rings (SSSR count). The molecule has 0 unspecified atom stereocenters. The van der Waals surface area contributed by atoms with Crippen molar-refractivity contribution < 1.29 is 9.90 Å². The highest BCUT2D eigenvalue weighted by molar-refractivity contribution is 5.74. The number of carbonyl (C=O) groups is 1. The lowest BCUT2D eigenvalue weighted by molar-refractivity contribution is -0.151. The van der Waals surface area contributed by atoms with Gasteiger partial charge in [0.15, 0.2) is 0 Å². The minimum atomic E-state index is -0.612. The average molecular weight is 236 g/mol. The first-order valence-corrected chi connectivity index (χ1v) is 6.34. The first-order chi connectivity index (χ1) is 8.14. The zero-order valence-corrected chi connectivity index (χ0v) is 10.4. The van der Waals surface area contributed by atoms with Gasteiger partial charge in [-0.15, -0.1) is 0 Å². The van der Waals surface area contributed by atoms with E-state index in [1.54, 1.807) is 6.20 Å². The fraction of sp³-hybridized carbons (Fsp3) is 0.692. The molecule has 1 aromatic heterocycles. The maximum atomic E-state index is 11.5. The number of hydrogen-bond acceptors (Lipinski definition) is 2. The van der Waals surface area contributed by atoms with Gasteiger partial charge in [-0.2, -0.15) is 5.10 Å². The van der Waals surface area contributed by atoms with E-state index < -0.39 is 11.4 Å². The van der Waals surface area contributed by atoms with Crippen LogP contribution in [0.2, 0.25) is 0 Å². The number of carboxylic acids is 1. The van der Waals surface area contributed by atoms with Crippen LogP contribution in [-0.4, -0.2) is 20.9 Å². The quantitative estimate of drug-likeness (QED) is 0.873. The van der Waals surface area contributed by atoms with E-state index in [9.17, 15) is 9.90 Å². The second kappa shape index (κ2) is 4.90. The van der Waals surface area contributed by atoms with Gasteiger partial charge in [0, 0.05) is 18.9 Å². The van der Waals surface area contributed by atoms with Gasteiger partial charge in [0.1, 0.15) is 0 Å². The zero-order chi connectivity index (χ0) is 12.3. The van der Waals surface area contributed by atoms with E-state index in [0.717, 1.165) is 44.2 Å². The second-order valence-corrected chi connectivity index (χ2v) is 5.09. The van der Waals surface area contributed by atoms with Crippen molar-refractivity contribution in [3.8, 4) is 0 Å². The van der Waals surface area contributed by atoms with Crippen LogP contribution in [-0.2, 0) is 18.3 Å². The Labute approximate surface area is 102 Å². The van der Waals surface area contributed by atoms with Crippen LogP contribution in [0.15, 0.2) is 12.3 Å². The van der Waals surface area contributed by atoms with Gasteiger partial charge < -0.3 is 5.11 Å². The summed E-state index contributed by atoms with van der Waals surface area (Å²) in [6.07, 6.45) is 8.27. The average Bonchev–Trinajstić information content (AvgIpc) is 2.73. The molecule has 1 aliphatic carbocycles. The van der Waals surface area contributed by atoms with E-state index in [0.29, 0.717) is 0 Å². The molecule has 0 spiro atoms. The Morgan fingerprint density at radius 1 is 1.47 bits per heavy atom. The molecule has 1 heterocycles. The summed E-state index contributed by atoms with van der Waals surface area (Å²) in [4.78, 5) is 11.5. The topological polar surface area (TPSA) is 55.1 Å². The molecule has 0 bridgehead atoms. The van der Waals surface area contributed by atoms with Crippen LogP contribution in [0.4, 0.5) is 0 Å². The van der Waals surface area contributed by atoms with Crippen molar-refractivity contribution in [2.24, 2.45) is 12.5 Å². The monoisotopic (exact) mass is 236 g/mol. The lowest BCUT2D eigenvalue weighted by Crippen LogP contribution is -2.34. The summed E-state index contributed by atoms with van der Waals surface area (Å²) >= 11 is 0. The molecular formula is C13H20N2O2. The van der Waals surface area contributed by atoms with Gasteiger partial charge in [-0.3, -0.25) is 9.48 Å². The van der Waals surface area contributed by atoms with Crippen LogP contribution in [0.25, 0.3) is 0 Å². The SMILES string of the molecule is Cn1nccc1CCC1(C(=O)O)CCCCC1. The highest BCUT2D eigenvalue weighted by Crippen LogP contribution is 2.40. The number of aromatic nitrogens is 2. The second-order valence-electron chi connectivity index (χ2n) is 5.09. The smallest absolute Gasteiger partial charge is 0.309 e. The summed E-state index contributed by atoms with van der Waals surface area (Å²) in [5.41, 5.74) is 0.638. The van der Waals surface area contributed by atoms with Gasteiger partial charge in [0.2, 0.25) is 0 Å². The van der Waals surface area contributed by atoms with Crippen LogP contribution in [0.1, 0.15) is 44.2 Å². The fourth-order valence-corrected chi connectivity index (χ4v) is 2.81. The van der Waals surface area contributed by atoms with E-state index in [4.69, 9.17) is 0 Å². The van der Waals surface area contributed by atoms with Crippen molar-refractivity contribution in [1.82, 2.24) is 9.78 Å². The van der Waals surface area contributed by atoms with E-state index in [1.165, 1.54) is 6.42 Å². The van der Waals surface area contributed by atoms with Crippen LogP contribution in [0, 0.1) is 5.41 Å². The molecule has 1 N–H and O–H groups in total. The van der Waals surface area contributed by atoms with Crippen LogP contribution < -0.4 is 0 Å². The largest absolute Gasteiger partial charge is 0.481 e. The minimum Gasteiger partial charge on any atom is -0.481 e. The van der Waals surface area contributed by atoms with Gasteiger partial charge in [-0.25, -0.2) is 0 Å². The summed E-state index contributed by atoms with van der Waals surface area (Å²) in [5, 5.41) is 13.6. The van der Waals surface area contributed by atoms with Crippen LogP contribution in [0.3, 0.4) is 0 Å². The number of aliphatic carboxylic acids is 1. The molecule has 0 atom stereocenters. The van der Waals surface area contributed by atoms with E-state index >= 15 is 0 Å². The highest BCUT2D eigenvalue weighted by Gasteiger charge is 2.39. The number of aryl methyl sites for hydroxylation is 2. The van der Waals surface area contributed by atoms with E-state index in [-0.39, 0.29) is 0 Å². The Balaban J connectivity index is 2.03. The Bertz CT molecular complexity index is 392. The summed E-state index contributed by atoms with van der Waals surface area (Å²) in [6.45, 7) is 0. The molecule has 0 saturated heterocycles. The fourth-order valence-electron chi connectivity index (χ4n) is 2.81. The van der Waals surface area contributed by atoms with Crippen LogP contribution in [0.5, 0.6) is 0 Å². The first-order valence-electron chi connectivity index (χ1n) is 6.34. The summed E-state index contributed by atoms with van der Waals surface area (Å²) in [5.74, 6) is -0.612. The highest BCUT2D eigenvalue weighted by atomic mass is 16.4. The number of hydrogen-bond donors (Lipinski definition) is 1. The van der Waals surface area contributed by atoms with Crippen LogP contribution >= 0.6 is 0 Å². The van der Waals surface area contributed by atoms with Crippen molar-refractivity contribution in [1.29, 1.82) is 0 Å². The summed E-state index contributed by atoms with van der Waals surface area (Å²) in [6, 6.07) is 1.97. The predicted octanol–water partition coefficient (Wildman–Crippen LogP) is 2.39. The molecule has 4 heteroatoms. The van der Waals surface area contributed by atoms with Gasteiger partial charge in [0.05, 0.1) is 5.41 Å². The summed E-state index contributed by atoms with van der Waals surface area (Å²) < 4.78 is 1.83. The molecule has 4 nitrogen and oxygen atoms in total. The molecule has 1 aromatic rings. The Kier molecular flexibility index (Phi) is 3.50. The minimum absolute atomic E-state index is 0.484. The maximum Gasteiger partial charge on any atom is 0.309 e.